The van der Waals surface area contributed by atoms with Gasteiger partial charge in [-0.25, -0.2) is 4.79 Å². The van der Waals surface area contributed by atoms with Gasteiger partial charge in [0.05, 0.1) is 6.04 Å². The van der Waals surface area contributed by atoms with E-state index in [1.54, 1.807) is 12.1 Å². The molecule has 3 rings (SSSR count). The summed E-state index contributed by atoms with van der Waals surface area (Å²) in [6.45, 7) is 0. The predicted octanol–water partition coefficient (Wildman–Crippen LogP) is 2.95. The number of Topliss-reactive ketones (excluding diaryl/α,β-unsaturated/α-hetero) is 1. The number of benzene rings is 1. The topological polar surface area (TPSA) is 91.3 Å². The minimum Gasteiger partial charge on any atom is -0.363 e. The molecular weight excluding hydrogens is 431 g/mol. The van der Waals surface area contributed by atoms with Crippen molar-refractivity contribution in [1.82, 2.24) is 15.6 Å². The lowest BCUT2D eigenvalue weighted by atomic mass is 9.77. The van der Waals surface area contributed by atoms with Crippen LogP contribution >= 0.6 is 15.9 Å². The molecule has 2 amide bonds. The van der Waals surface area contributed by atoms with Gasteiger partial charge in [0, 0.05) is 22.4 Å². The van der Waals surface area contributed by atoms with Crippen LogP contribution < -0.4 is 10.6 Å². The fourth-order valence-electron chi connectivity index (χ4n) is 2.97. The Balaban J connectivity index is 2.15. The largest absolute Gasteiger partial charge is 0.437 e. The molecule has 6 nitrogen and oxygen atoms in total. The molecule has 27 heavy (non-hydrogen) atoms. The van der Waals surface area contributed by atoms with E-state index in [4.69, 9.17) is 0 Å². The summed E-state index contributed by atoms with van der Waals surface area (Å²) in [6.07, 6.45) is -2.82. The standard InChI is InChI=1S/C17H13BrF3N3O3/c18-11-5-3-9(4-6-11)13-12(14(25)10-2-1-7-22-8-10)16(27,17(19,20)21)24-15(26)23-13/h1-8,12-13,27H,(H2,23,24,26)/t12-,13-,16+/m0/s1. The van der Waals surface area contributed by atoms with Gasteiger partial charge in [-0.2, -0.15) is 13.2 Å². The number of nitrogens with zero attached hydrogens (tertiary/aromatic N) is 1. The second kappa shape index (κ2) is 6.93. The van der Waals surface area contributed by atoms with Gasteiger partial charge in [0.15, 0.2) is 5.78 Å². The van der Waals surface area contributed by atoms with Gasteiger partial charge < -0.3 is 15.7 Å². The molecule has 10 heteroatoms. The Morgan fingerprint density at radius 1 is 1.22 bits per heavy atom. The van der Waals surface area contributed by atoms with Crippen molar-refractivity contribution >= 4 is 27.7 Å². The van der Waals surface area contributed by atoms with E-state index in [2.05, 4.69) is 26.2 Å². The van der Waals surface area contributed by atoms with E-state index in [0.29, 0.717) is 4.47 Å². The minimum absolute atomic E-state index is 0.120. The fourth-order valence-corrected chi connectivity index (χ4v) is 3.24. The fraction of sp³-hybridized carbons (Fsp3) is 0.235. The molecule has 0 saturated carbocycles. The summed E-state index contributed by atoms with van der Waals surface area (Å²) in [5.41, 5.74) is -3.64. The Morgan fingerprint density at radius 2 is 1.89 bits per heavy atom. The van der Waals surface area contributed by atoms with Crippen molar-refractivity contribution < 1.29 is 27.9 Å². The number of urea groups is 1. The number of alkyl halides is 3. The van der Waals surface area contributed by atoms with Crippen molar-refractivity contribution in [2.45, 2.75) is 17.9 Å². The molecule has 3 atom stereocenters. The molecule has 1 saturated heterocycles. The average Bonchev–Trinajstić information content (AvgIpc) is 2.61. The first-order valence-corrected chi connectivity index (χ1v) is 8.50. The second-order valence-electron chi connectivity index (χ2n) is 5.98. The maximum Gasteiger partial charge on any atom is 0.437 e. The SMILES string of the molecule is O=C1N[C@@H](c2ccc(Br)cc2)[C@@H](C(=O)c2cccnc2)[C@@](O)(C(F)(F)F)N1. The number of rotatable bonds is 3. The van der Waals surface area contributed by atoms with Crippen LogP contribution in [0.3, 0.4) is 0 Å². The van der Waals surface area contributed by atoms with Crippen molar-refractivity contribution in [1.29, 1.82) is 0 Å². The molecule has 142 valence electrons. The Bertz CT molecular complexity index is 861. The number of nitrogens with one attached hydrogen (secondary N) is 2. The third kappa shape index (κ3) is 3.54. The number of carbonyl (C=O) groups is 2. The van der Waals surface area contributed by atoms with Crippen molar-refractivity contribution in [2.24, 2.45) is 5.92 Å². The van der Waals surface area contributed by atoms with Crippen molar-refractivity contribution in [2.75, 3.05) is 0 Å². The van der Waals surface area contributed by atoms with Gasteiger partial charge in [-0.05, 0) is 29.8 Å². The van der Waals surface area contributed by atoms with Crippen molar-refractivity contribution in [3.8, 4) is 0 Å². The van der Waals surface area contributed by atoms with E-state index in [-0.39, 0.29) is 11.1 Å². The van der Waals surface area contributed by atoms with Crippen LogP contribution in [-0.4, -0.2) is 33.8 Å². The average molecular weight is 444 g/mol. The number of pyridine rings is 1. The van der Waals surface area contributed by atoms with Crippen LogP contribution in [0.25, 0.3) is 0 Å². The second-order valence-corrected chi connectivity index (χ2v) is 6.89. The molecule has 2 heterocycles. The molecule has 1 aromatic carbocycles. The summed E-state index contributed by atoms with van der Waals surface area (Å²) < 4.78 is 41.8. The summed E-state index contributed by atoms with van der Waals surface area (Å²) >= 11 is 3.21. The maximum absolute atomic E-state index is 13.7. The number of halogens is 4. The molecular formula is C17H13BrF3N3O3. The van der Waals surface area contributed by atoms with Gasteiger partial charge in [0.25, 0.3) is 0 Å². The number of carbonyl (C=O) groups excluding carboxylic acids is 2. The quantitative estimate of drug-likeness (QED) is 0.636. The number of hydrogen-bond donors (Lipinski definition) is 3. The summed E-state index contributed by atoms with van der Waals surface area (Å²) in [7, 11) is 0. The third-order valence-corrected chi connectivity index (χ3v) is 4.79. The Kier molecular flexibility index (Phi) is 4.96. The van der Waals surface area contributed by atoms with Crippen LogP contribution in [0, 0.1) is 5.92 Å². The Hall–Kier alpha value is -2.46. The monoisotopic (exact) mass is 443 g/mol. The van der Waals surface area contributed by atoms with Crippen molar-refractivity contribution in [3.63, 3.8) is 0 Å². The number of amides is 2. The highest BCUT2D eigenvalue weighted by Gasteiger charge is 2.66. The molecule has 1 aliphatic rings. The number of aromatic nitrogens is 1. The summed E-state index contributed by atoms with van der Waals surface area (Å²) in [4.78, 5) is 28.5. The summed E-state index contributed by atoms with van der Waals surface area (Å²) in [5, 5.41) is 14.2. The Morgan fingerprint density at radius 3 is 2.44 bits per heavy atom. The van der Waals surface area contributed by atoms with Crippen molar-refractivity contribution in [3.05, 3.63) is 64.4 Å². The predicted molar refractivity (Wildman–Crippen MR) is 91.6 cm³/mol. The van der Waals surface area contributed by atoms with E-state index in [9.17, 15) is 27.9 Å². The summed E-state index contributed by atoms with van der Waals surface area (Å²) in [5.74, 6) is -3.08. The molecule has 1 fully saturated rings. The first-order valence-electron chi connectivity index (χ1n) is 7.71. The zero-order chi connectivity index (χ0) is 19.8. The van der Waals surface area contributed by atoms with Crippen LogP contribution in [-0.2, 0) is 0 Å². The molecule has 0 bridgehead atoms. The normalized spacial score (nSPS) is 25.4. The highest BCUT2D eigenvalue weighted by Crippen LogP contribution is 2.43. The van der Waals surface area contributed by atoms with Gasteiger partial charge in [-0.15, -0.1) is 0 Å². The molecule has 1 aromatic heterocycles. The molecule has 3 N–H and O–H groups in total. The van der Waals surface area contributed by atoms with Crippen LogP contribution in [0.1, 0.15) is 22.0 Å². The zero-order valence-corrected chi connectivity index (χ0v) is 15.1. The minimum atomic E-state index is -5.29. The molecule has 0 spiro atoms. The van der Waals surface area contributed by atoms with Gasteiger partial charge in [0.1, 0.15) is 5.92 Å². The smallest absolute Gasteiger partial charge is 0.363 e. The van der Waals surface area contributed by atoms with Gasteiger partial charge in [0.2, 0.25) is 5.72 Å². The lowest BCUT2D eigenvalue weighted by molar-refractivity contribution is -0.287. The van der Waals surface area contributed by atoms with Crippen LogP contribution in [0.4, 0.5) is 18.0 Å². The lowest BCUT2D eigenvalue weighted by Crippen LogP contribution is -2.72. The van der Waals surface area contributed by atoms with E-state index in [1.807, 2.05) is 0 Å². The molecule has 0 aliphatic carbocycles. The van der Waals surface area contributed by atoms with Gasteiger partial charge >= 0.3 is 12.2 Å². The van der Waals surface area contributed by atoms with E-state index in [0.717, 1.165) is 6.20 Å². The molecule has 1 aliphatic heterocycles. The number of hydrogen-bond acceptors (Lipinski definition) is 4. The van der Waals surface area contributed by atoms with Crippen LogP contribution in [0.5, 0.6) is 0 Å². The highest BCUT2D eigenvalue weighted by molar-refractivity contribution is 9.10. The van der Waals surface area contributed by atoms with Gasteiger partial charge in [-0.1, -0.05) is 28.1 Å². The first-order chi connectivity index (χ1) is 12.6. The number of ketones is 1. The maximum atomic E-state index is 13.7. The summed E-state index contributed by atoms with van der Waals surface area (Å²) in [6, 6.07) is 6.07. The molecule has 0 unspecified atom stereocenters. The van der Waals surface area contributed by atoms with Crippen LogP contribution in [0.15, 0.2) is 53.3 Å². The van der Waals surface area contributed by atoms with Gasteiger partial charge in [-0.3, -0.25) is 9.78 Å². The van der Waals surface area contributed by atoms with E-state index >= 15 is 0 Å². The van der Waals surface area contributed by atoms with E-state index < -0.39 is 35.7 Å². The first kappa shape index (κ1) is 19.3. The Labute approximate surface area is 159 Å². The highest BCUT2D eigenvalue weighted by atomic mass is 79.9. The van der Waals surface area contributed by atoms with E-state index in [1.165, 1.54) is 35.8 Å². The molecule has 2 aromatic rings. The third-order valence-electron chi connectivity index (χ3n) is 4.26. The lowest BCUT2D eigenvalue weighted by Gasteiger charge is -2.45. The zero-order valence-electron chi connectivity index (χ0n) is 13.5. The molecule has 0 radical (unpaired) electrons. The number of aliphatic hydroxyl groups is 1. The van der Waals surface area contributed by atoms with Crippen LogP contribution in [0.2, 0.25) is 0 Å².